The highest BCUT2D eigenvalue weighted by Gasteiger charge is 2.08. The fraction of sp³-hybridized carbons (Fsp3) is 0.0370. The molecule has 4 aromatic carbocycles. The lowest BCUT2D eigenvalue weighted by Crippen LogP contribution is -2.08. The number of nitrogens with zero attached hydrogens (tertiary/aromatic N) is 3. The van der Waals surface area contributed by atoms with Gasteiger partial charge in [-0.3, -0.25) is 5.43 Å². The van der Waals surface area contributed by atoms with E-state index in [1.165, 1.54) is 0 Å². The smallest absolute Gasteiger partial charge is 0.0749 e. The van der Waals surface area contributed by atoms with Crippen molar-refractivity contribution in [2.75, 3.05) is 17.4 Å². The molecule has 1 N–H and O–H groups in total. The number of aromatic nitrogens is 1. The molecule has 0 aliphatic heterocycles. The summed E-state index contributed by atoms with van der Waals surface area (Å²) >= 11 is 0. The van der Waals surface area contributed by atoms with Crippen LogP contribution in [0.15, 0.2) is 108 Å². The summed E-state index contributed by atoms with van der Waals surface area (Å²) < 4.78 is 0. The van der Waals surface area contributed by atoms with Crippen molar-refractivity contribution >= 4 is 45.1 Å². The predicted molar refractivity (Wildman–Crippen MR) is 131 cm³/mol. The summed E-state index contributed by atoms with van der Waals surface area (Å²) in [7, 11) is 2.07. The molecule has 5 rings (SSSR count). The van der Waals surface area contributed by atoms with Gasteiger partial charge in [0.1, 0.15) is 0 Å². The van der Waals surface area contributed by atoms with Crippen LogP contribution >= 0.6 is 0 Å². The van der Waals surface area contributed by atoms with Crippen molar-refractivity contribution in [1.29, 1.82) is 0 Å². The molecular formula is C27H22N4. The number of hydrazone groups is 1. The van der Waals surface area contributed by atoms with Gasteiger partial charge < -0.3 is 4.90 Å². The maximum Gasteiger partial charge on any atom is 0.0749 e. The number of hydrogen-bond acceptors (Lipinski definition) is 4. The molecule has 0 aliphatic rings. The highest BCUT2D eigenvalue weighted by Crippen LogP contribution is 2.30. The third-order valence-electron chi connectivity index (χ3n) is 5.40. The van der Waals surface area contributed by atoms with Crippen LogP contribution in [0.3, 0.4) is 0 Å². The van der Waals surface area contributed by atoms with Crippen molar-refractivity contribution in [3.05, 3.63) is 109 Å². The molecule has 0 unspecified atom stereocenters. The van der Waals surface area contributed by atoms with Crippen molar-refractivity contribution < 1.29 is 0 Å². The molecule has 1 aromatic heterocycles. The average Bonchev–Trinajstić information content (AvgIpc) is 2.84. The number of nitrogens with one attached hydrogen (secondary N) is 1. The van der Waals surface area contributed by atoms with E-state index < -0.39 is 0 Å². The van der Waals surface area contributed by atoms with E-state index in [2.05, 4.69) is 71.0 Å². The Labute approximate surface area is 181 Å². The van der Waals surface area contributed by atoms with Crippen LogP contribution in [0, 0.1) is 0 Å². The van der Waals surface area contributed by atoms with Gasteiger partial charge in [0.25, 0.3) is 0 Å². The van der Waals surface area contributed by atoms with Crippen LogP contribution < -0.4 is 10.3 Å². The lowest BCUT2D eigenvalue weighted by Gasteiger charge is -2.19. The lowest BCUT2D eigenvalue weighted by atomic mass is 10.1. The largest absolute Gasteiger partial charge is 0.345 e. The van der Waals surface area contributed by atoms with Gasteiger partial charge in [-0.1, -0.05) is 66.7 Å². The Morgan fingerprint density at radius 2 is 1.23 bits per heavy atom. The minimum atomic E-state index is 0.951. The van der Waals surface area contributed by atoms with Crippen molar-refractivity contribution in [2.45, 2.75) is 0 Å². The summed E-state index contributed by atoms with van der Waals surface area (Å²) in [4.78, 5) is 6.92. The molecule has 0 spiro atoms. The van der Waals surface area contributed by atoms with E-state index in [4.69, 9.17) is 4.98 Å². The van der Waals surface area contributed by atoms with Gasteiger partial charge in [-0.15, -0.1) is 0 Å². The van der Waals surface area contributed by atoms with Gasteiger partial charge in [-0.2, -0.15) is 5.10 Å². The van der Waals surface area contributed by atoms with E-state index in [0.29, 0.717) is 0 Å². The fourth-order valence-corrected chi connectivity index (χ4v) is 3.72. The van der Waals surface area contributed by atoms with Gasteiger partial charge in [0, 0.05) is 29.2 Å². The maximum atomic E-state index is 4.76. The fourth-order valence-electron chi connectivity index (χ4n) is 3.72. The molecular weight excluding hydrogens is 380 g/mol. The minimum Gasteiger partial charge on any atom is -0.345 e. The lowest BCUT2D eigenvalue weighted by molar-refractivity contribution is 1.21. The van der Waals surface area contributed by atoms with Crippen molar-refractivity contribution in [3.8, 4) is 0 Å². The number of benzene rings is 4. The molecule has 4 nitrogen and oxygen atoms in total. The molecule has 4 heteroatoms. The quantitative estimate of drug-likeness (QED) is 0.204. The molecule has 5 aromatic rings. The number of hydrogen-bond donors (Lipinski definition) is 1. The first-order valence-corrected chi connectivity index (χ1v) is 10.2. The highest BCUT2D eigenvalue weighted by atomic mass is 15.3. The zero-order valence-corrected chi connectivity index (χ0v) is 17.2. The summed E-state index contributed by atoms with van der Waals surface area (Å²) in [5, 5.41) is 6.64. The maximum absolute atomic E-state index is 4.76. The van der Waals surface area contributed by atoms with Crippen LogP contribution in [-0.4, -0.2) is 18.2 Å². The monoisotopic (exact) mass is 402 g/mol. The number of fused-ring (bicyclic) bond motifs is 2. The Balaban J connectivity index is 1.40. The summed E-state index contributed by atoms with van der Waals surface area (Å²) in [6.07, 6.45) is 1.84. The van der Waals surface area contributed by atoms with Crippen LogP contribution in [0.5, 0.6) is 0 Å². The first-order chi connectivity index (χ1) is 15.3. The predicted octanol–water partition coefficient (Wildman–Crippen LogP) is 6.60. The van der Waals surface area contributed by atoms with E-state index >= 15 is 0 Å². The second kappa shape index (κ2) is 8.28. The molecule has 0 saturated carbocycles. The van der Waals surface area contributed by atoms with Gasteiger partial charge >= 0.3 is 0 Å². The van der Waals surface area contributed by atoms with Crippen LogP contribution in [0.1, 0.15) is 5.56 Å². The van der Waals surface area contributed by atoms with E-state index in [1.54, 1.807) is 0 Å². The number of pyridine rings is 1. The third-order valence-corrected chi connectivity index (χ3v) is 5.40. The number of para-hydroxylation sites is 3. The normalized spacial score (nSPS) is 11.3. The van der Waals surface area contributed by atoms with E-state index in [9.17, 15) is 0 Å². The van der Waals surface area contributed by atoms with Gasteiger partial charge in [0.05, 0.1) is 22.9 Å². The van der Waals surface area contributed by atoms with Gasteiger partial charge in [-0.25, -0.2) is 4.98 Å². The molecule has 0 atom stereocenters. The first kappa shape index (κ1) is 18.8. The molecule has 1 heterocycles. The average molecular weight is 403 g/mol. The molecule has 0 aliphatic carbocycles. The molecule has 0 bridgehead atoms. The summed E-state index contributed by atoms with van der Waals surface area (Å²) in [6.45, 7) is 0. The first-order valence-electron chi connectivity index (χ1n) is 10.2. The summed E-state index contributed by atoms with van der Waals surface area (Å²) in [5.41, 5.74) is 9.44. The summed E-state index contributed by atoms with van der Waals surface area (Å²) in [6, 6.07) is 34.9. The molecule has 0 fully saturated rings. The van der Waals surface area contributed by atoms with Crippen molar-refractivity contribution in [1.82, 2.24) is 4.98 Å². The molecule has 150 valence electrons. The molecule has 0 saturated heterocycles. The Hall–Kier alpha value is -4.18. The van der Waals surface area contributed by atoms with Gasteiger partial charge in [0.15, 0.2) is 0 Å². The number of rotatable bonds is 5. The number of anilines is 3. The van der Waals surface area contributed by atoms with Crippen LogP contribution in [0.2, 0.25) is 0 Å². The Morgan fingerprint density at radius 3 is 1.87 bits per heavy atom. The Morgan fingerprint density at radius 1 is 0.677 bits per heavy atom. The molecule has 0 amide bonds. The highest BCUT2D eigenvalue weighted by molar-refractivity contribution is 6.07. The van der Waals surface area contributed by atoms with Crippen molar-refractivity contribution in [3.63, 3.8) is 0 Å². The summed E-state index contributed by atoms with van der Waals surface area (Å²) in [5.74, 6) is 0. The third kappa shape index (κ3) is 3.83. The Bertz CT molecular complexity index is 1310. The topological polar surface area (TPSA) is 40.5 Å². The van der Waals surface area contributed by atoms with Gasteiger partial charge in [-0.05, 0) is 42.0 Å². The zero-order chi connectivity index (χ0) is 21.0. The Kier molecular flexibility index (Phi) is 5.03. The SMILES string of the molecule is CN(c1ccccc1)c1ccc(/C=N/Nc2c3ccccc3nc3ccccc23)cc1. The van der Waals surface area contributed by atoms with Crippen LogP contribution in [0.4, 0.5) is 17.1 Å². The van der Waals surface area contributed by atoms with E-state index in [0.717, 1.165) is 44.4 Å². The van der Waals surface area contributed by atoms with Crippen molar-refractivity contribution in [2.24, 2.45) is 5.10 Å². The van der Waals surface area contributed by atoms with Crippen LogP contribution in [-0.2, 0) is 0 Å². The minimum absolute atomic E-state index is 0.951. The zero-order valence-electron chi connectivity index (χ0n) is 17.2. The standard InChI is InChI=1S/C27H22N4/c1-31(21-9-3-2-4-10-21)22-17-15-20(16-18-22)19-28-30-27-23-11-5-7-13-25(23)29-26-14-8-6-12-24(26)27/h2-19H,1H3,(H,29,30)/b28-19+. The second-order valence-corrected chi connectivity index (χ2v) is 7.38. The van der Waals surface area contributed by atoms with E-state index in [-0.39, 0.29) is 0 Å². The van der Waals surface area contributed by atoms with E-state index in [1.807, 2.05) is 60.8 Å². The molecule has 0 radical (unpaired) electrons. The van der Waals surface area contributed by atoms with Crippen LogP contribution in [0.25, 0.3) is 21.8 Å². The molecule has 31 heavy (non-hydrogen) atoms. The second-order valence-electron chi connectivity index (χ2n) is 7.38. The van der Waals surface area contributed by atoms with Gasteiger partial charge in [0.2, 0.25) is 0 Å².